The van der Waals surface area contributed by atoms with Gasteiger partial charge in [0, 0.05) is 13.7 Å². The molecular formula is C14H21ClN2O2. The number of ether oxygens (including phenoxy) is 1. The van der Waals surface area contributed by atoms with Crippen LogP contribution in [-0.4, -0.2) is 28.8 Å². The Morgan fingerprint density at radius 1 is 1.53 bits per heavy atom. The molecule has 1 saturated carbocycles. The Labute approximate surface area is 119 Å². The molecule has 0 N–H and O–H groups in total. The average molecular weight is 285 g/mol. The molecule has 1 atom stereocenters. The fourth-order valence-electron chi connectivity index (χ4n) is 2.44. The standard InChI is InChI=1S/C14H21ClN2O2/c1-4-10-13(15)11(17(5-2)16-10)8-12(18)14(19-3)9-6-7-9/h9,14H,4-8H2,1-3H3. The van der Waals surface area contributed by atoms with Crippen molar-refractivity contribution >= 4 is 17.4 Å². The fourth-order valence-corrected chi connectivity index (χ4v) is 2.77. The Morgan fingerprint density at radius 3 is 2.68 bits per heavy atom. The van der Waals surface area contributed by atoms with E-state index in [1.54, 1.807) is 7.11 Å². The van der Waals surface area contributed by atoms with Crippen molar-refractivity contribution in [1.82, 2.24) is 9.78 Å². The average Bonchev–Trinajstić information content (AvgIpc) is 3.18. The van der Waals surface area contributed by atoms with Gasteiger partial charge in [-0.05, 0) is 32.1 Å². The van der Waals surface area contributed by atoms with Crippen molar-refractivity contribution in [3.63, 3.8) is 0 Å². The first-order valence-corrected chi connectivity index (χ1v) is 7.29. The Bertz CT molecular complexity index is 466. The molecule has 1 fully saturated rings. The molecule has 1 aliphatic rings. The normalized spacial score (nSPS) is 16.6. The molecule has 5 heteroatoms. The molecule has 0 aromatic carbocycles. The second-order valence-electron chi connectivity index (χ2n) is 5.01. The maximum absolute atomic E-state index is 12.3. The van der Waals surface area contributed by atoms with Crippen LogP contribution in [0.15, 0.2) is 0 Å². The molecule has 106 valence electrons. The van der Waals surface area contributed by atoms with Crippen molar-refractivity contribution in [2.24, 2.45) is 5.92 Å². The number of aryl methyl sites for hydroxylation is 2. The molecule has 4 nitrogen and oxygen atoms in total. The molecule has 0 spiro atoms. The monoisotopic (exact) mass is 284 g/mol. The number of aromatic nitrogens is 2. The summed E-state index contributed by atoms with van der Waals surface area (Å²) >= 11 is 6.32. The number of hydrogen-bond donors (Lipinski definition) is 0. The minimum absolute atomic E-state index is 0.115. The first-order chi connectivity index (χ1) is 9.12. The SMILES string of the molecule is CCc1nn(CC)c(CC(=O)C(OC)C2CC2)c1Cl. The van der Waals surface area contributed by atoms with E-state index in [2.05, 4.69) is 5.10 Å². The molecule has 0 aliphatic heterocycles. The zero-order chi connectivity index (χ0) is 14.0. The van der Waals surface area contributed by atoms with Crippen LogP contribution < -0.4 is 0 Å². The lowest BCUT2D eigenvalue weighted by Crippen LogP contribution is -2.27. The van der Waals surface area contributed by atoms with Gasteiger partial charge in [-0.15, -0.1) is 0 Å². The number of methoxy groups -OCH3 is 1. The summed E-state index contributed by atoms with van der Waals surface area (Å²) in [5.41, 5.74) is 1.69. The van der Waals surface area contributed by atoms with Gasteiger partial charge in [-0.3, -0.25) is 9.48 Å². The second kappa shape index (κ2) is 6.06. The summed E-state index contributed by atoms with van der Waals surface area (Å²) in [6.07, 6.45) is 3.00. The number of rotatable bonds is 7. The van der Waals surface area contributed by atoms with Crippen LogP contribution in [0.3, 0.4) is 0 Å². The van der Waals surface area contributed by atoms with Gasteiger partial charge >= 0.3 is 0 Å². The van der Waals surface area contributed by atoms with Crippen LogP contribution in [0, 0.1) is 5.92 Å². The predicted octanol–water partition coefficient (Wildman–Crippen LogP) is 2.66. The molecule has 1 aromatic heterocycles. The van der Waals surface area contributed by atoms with Gasteiger partial charge in [0.25, 0.3) is 0 Å². The molecule has 0 bridgehead atoms. The number of hydrogen-bond acceptors (Lipinski definition) is 3. The second-order valence-corrected chi connectivity index (χ2v) is 5.39. The summed E-state index contributed by atoms with van der Waals surface area (Å²) in [5.74, 6) is 0.518. The highest BCUT2D eigenvalue weighted by molar-refractivity contribution is 6.32. The number of carbonyl (C=O) groups is 1. The van der Waals surface area contributed by atoms with Gasteiger partial charge in [0.15, 0.2) is 5.78 Å². The minimum atomic E-state index is -0.277. The first kappa shape index (κ1) is 14.5. The van der Waals surface area contributed by atoms with Crippen LogP contribution in [0.2, 0.25) is 5.02 Å². The number of Topliss-reactive ketones (excluding diaryl/α,β-unsaturated/α-hetero) is 1. The van der Waals surface area contributed by atoms with Gasteiger partial charge in [-0.1, -0.05) is 18.5 Å². The van der Waals surface area contributed by atoms with Crippen molar-refractivity contribution in [3.8, 4) is 0 Å². The molecule has 1 unspecified atom stereocenters. The zero-order valence-corrected chi connectivity index (χ0v) is 12.5. The molecule has 1 aromatic rings. The molecule has 19 heavy (non-hydrogen) atoms. The van der Waals surface area contributed by atoms with Crippen LogP contribution in [0.5, 0.6) is 0 Å². The molecule has 0 amide bonds. The molecule has 1 aliphatic carbocycles. The van der Waals surface area contributed by atoms with Crippen LogP contribution in [-0.2, 0) is 28.9 Å². The van der Waals surface area contributed by atoms with Gasteiger partial charge in [-0.2, -0.15) is 5.10 Å². The summed E-state index contributed by atoms with van der Waals surface area (Å²) in [6.45, 7) is 4.75. The van der Waals surface area contributed by atoms with Crippen LogP contribution >= 0.6 is 11.6 Å². The lowest BCUT2D eigenvalue weighted by atomic mass is 10.1. The van der Waals surface area contributed by atoms with Gasteiger partial charge < -0.3 is 4.74 Å². The van der Waals surface area contributed by atoms with Crippen molar-refractivity contribution < 1.29 is 9.53 Å². The topological polar surface area (TPSA) is 44.1 Å². The Balaban J connectivity index is 2.17. The summed E-state index contributed by atoms with van der Waals surface area (Å²) in [5, 5.41) is 5.08. The van der Waals surface area contributed by atoms with Gasteiger partial charge in [0.1, 0.15) is 6.10 Å². The molecule has 2 rings (SSSR count). The van der Waals surface area contributed by atoms with E-state index in [0.29, 0.717) is 17.4 Å². The third kappa shape index (κ3) is 3.00. The predicted molar refractivity (Wildman–Crippen MR) is 74.5 cm³/mol. The highest BCUT2D eigenvalue weighted by Gasteiger charge is 2.36. The number of ketones is 1. The maximum atomic E-state index is 12.3. The Hall–Kier alpha value is -0.870. The lowest BCUT2D eigenvalue weighted by Gasteiger charge is -2.13. The van der Waals surface area contributed by atoms with Crippen molar-refractivity contribution in [2.75, 3.05) is 7.11 Å². The quantitative estimate of drug-likeness (QED) is 0.773. The van der Waals surface area contributed by atoms with Gasteiger partial charge in [0.05, 0.1) is 22.8 Å². The largest absolute Gasteiger partial charge is 0.373 e. The number of halogens is 1. The third-order valence-electron chi connectivity index (χ3n) is 3.66. The van der Waals surface area contributed by atoms with Gasteiger partial charge in [0.2, 0.25) is 0 Å². The van der Waals surface area contributed by atoms with Crippen molar-refractivity contribution in [1.29, 1.82) is 0 Å². The van der Waals surface area contributed by atoms with E-state index in [1.807, 2.05) is 18.5 Å². The summed E-state index contributed by atoms with van der Waals surface area (Å²) < 4.78 is 7.16. The Kier molecular flexibility index (Phi) is 4.63. The summed E-state index contributed by atoms with van der Waals surface area (Å²) in [6, 6.07) is 0. The van der Waals surface area contributed by atoms with E-state index in [9.17, 15) is 4.79 Å². The summed E-state index contributed by atoms with van der Waals surface area (Å²) in [4.78, 5) is 12.3. The van der Waals surface area contributed by atoms with Gasteiger partial charge in [-0.25, -0.2) is 0 Å². The van der Waals surface area contributed by atoms with Crippen LogP contribution in [0.25, 0.3) is 0 Å². The molecule has 1 heterocycles. The summed E-state index contributed by atoms with van der Waals surface area (Å²) in [7, 11) is 1.61. The highest BCUT2D eigenvalue weighted by Crippen LogP contribution is 2.35. The third-order valence-corrected chi connectivity index (χ3v) is 4.09. The Morgan fingerprint density at radius 2 is 2.21 bits per heavy atom. The van der Waals surface area contributed by atoms with Crippen molar-refractivity contribution in [3.05, 3.63) is 16.4 Å². The molecular weight excluding hydrogens is 264 g/mol. The van der Waals surface area contributed by atoms with Crippen LogP contribution in [0.4, 0.5) is 0 Å². The van der Waals surface area contributed by atoms with E-state index >= 15 is 0 Å². The van der Waals surface area contributed by atoms with E-state index in [-0.39, 0.29) is 11.9 Å². The molecule has 0 radical (unpaired) electrons. The van der Waals surface area contributed by atoms with E-state index < -0.39 is 0 Å². The van der Waals surface area contributed by atoms with Crippen LogP contribution in [0.1, 0.15) is 38.1 Å². The van der Waals surface area contributed by atoms with E-state index in [4.69, 9.17) is 16.3 Å². The first-order valence-electron chi connectivity index (χ1n) is 6.91. The number of carbonyl (C=O) groups excluding carboxylic acids is 1. The smallest absolute Gasteiger partial charge is 0.167 e. The maximum Gasteiger partial charge on any atom is 0.167 e. The minimum Gasteiger partial charge on any atom is -0.373 e. The number of nitrogens with zero attached hydrogens (tertiary/aromatic N) is 2. The van der Waals surface area contributed by atoms with E-state index in [1.165, 1.54) is 0 Å². The van der Waals surface area contributed by atoms with Crippen molar-refractivity contribution in [2.45, 2.75) is 52.2 Å². The highest BCUT2D eigenvalue weighted by atomic mass is 35.5. The zero-order valence-electron chi connectivity index (χ0n) is 11.8. The lowest BCUT2D eigenvalue weighted by molar-refractivity contribution is -0.129. The van der Waals surface area contributed by atoms with E-state index in [0.717, 1.165) is 37.2 Å². The molecule has 0 saturated heterocycles. The fraction of sp³-hybridized carbons (Fsp3) is 0.714.